The molecule has 0 atom stereocenters. The predicted molar refractivity (Wildman–Crippen MR) is 64.3 cm³/mol. The van der Waals surface area contributed by atoms with Gasteiger partial charge < -0.3 is 10.1 Å². The molecule has 0 aliphatic heterocycles. The lowest BCUT2D eigenvalue weighted by Crippen LogP contribution is -2.20. The fraction of sp³-hybridized carbons (Fsp3) is 0.667. The molecule has 0 radical (unpaired) electrons. The molecule has 0 amide bonds. The lowest BCUT2D eigenvalue weighted by Gasteiger charge is -2.10. The second-order valence-electron chi connectivity index (χ2n) is 4.54. The second kappa shape index (κ2) is 6.43. The summed E-state index contributed by atoms with van der Waals surface area (Å²) in [5.41, 5.74) is 0.916. The minimum Gasteiger partial charge on any atom is -0.474 e. The van der Waals surface area contributed by atoms with Gasteiger partial charge in [-0.25, -0.2) is 4.98 Å². The van der Waals surface area contributed by atoms with Gasteiger partial charge in [-0.15, -0.1) is 0 Å². The first kappa shape index (κ1) is 12.9. The Labute approximate surface area is 97.5 Å². The number of hydrogen-bond donors (Lipinski definition) is 1. The van der Waals surface area contributed by atoms with Crippen LogP contribution in [-0.4, -0.2) is 22.6 Å². The van der Waals surface area contributed by atoms with Crippen molar-refractivity contribution in [1.82, 2.24) is 15.3 Å². The highest BCUT2D eigenvalue weighted by atomic mass is 16.5. The Morgan fingerprint density at radius 3 is 2.62 bits per heavy atom. The number of hydrogen-bond acceptors (Lipinski definition) is 4. The zero-order valence-corrected chi connectivity index (χ0v) is 10.5. The van der Waals surface area contributed by atoms with Gasteiger partial charge >= 0.3 is 0 Å². The third kappa shape index (κ3) is 5.07. The van der Waals surface area contributed by atoms with Gasteiger partial charge in [0.15, 0.2) is 0 Å². The molecule has 0 saturated heterocycles. The minimum absolute atomic E-state index is 0.133. The van der Waals surface area contributed by atoms with Gasteiger partial charge in [0.2, 0.25) is 5.88 Å². The van der Waals surface area contributed by atoms with E-state index in [1.165, 1.54) is 0 Å². The average Bonchev–Trinajstić information content (AvgIpc) is 2.16. The highest BCUT2D eigenvalue weighted by molar-refractivity contribution is 5.08. The van der Waals surface area contributed by atoms with Crippen LogP contribution in [0.1, 0.15) is 33.4 Å². The van der Waals surface area contributed by atoms with Crippen LogP contribution in [-0.2, 0) is 6.54 Å². The molecule has 0 aromatic carbocycles. The molecule has 0 spiro atoms. The summed E-state index contributed by atoms with van der Waals surface area (Å²) in [5.74, 6) is 1.24. The van der Waals surface area contributed by atoms with E-state index in [4.69, 9.17) is 4.74 Å². The number of ether oxygens (including phenoxy) is 1. The molecular formula is C12H21N3O. The molecule has 1 aromatic rings. The fourth-order valence-corrected chi connectivity index (χ4v) is 1.26. The summed E-state index contributed by atoms with van der Waals surface area (Å²) in [6, 6.07) is 0. The van der Waals surface area contributed by atoms with Crippen molar-refractivity contribution >= 4 is 0 Å². The van der Waals surface area contributed by atoms with E-state index < -0.39 is 0 Å². The first-order valence-corrected chi connectivity index (χ1v) is 5.76. The molecule has 0 aliphatic carbocycles. The van der Waals surface area contributed by atoms with E-state index in [2.05, 4.69) is 29.1 Å². The van der Waals surface area contributed by atoms with Crippen LogP contribution in [0.25, 0.3) is 0 Å². The Kier molecular flexibility index (Phi) is 5.19. The topological polar surface area (TPSA) is 47.0 Å². The van der Waals surface area contributed by atoms with Crippen molar-refractivity contribution in [2.45, 2.75) is 40.3 Å². The predicted octanol–water partition coefficient (Wildman–Crippen LogP) is 2.01. The molecule has 0 saturated carbocycles. The van der Waals surface area contributed by atoms with E-state index in [1.54, 1.807) is 12.4 Å². The van der Waals surface area contributed by atoms with Crippen LogP contribution < -0.4 is 10.1 Å². The van der Waals surface area contributed by atoms with Crippen molar-refractivity contribution in [2.75, 3.05) is 6.54 Å². The van der Waals surface area contributed by atoms with E-state index in [0.29, 0.717) is 11.8 Å². The lowest BCUT2D eigenvalue weighted by molar-refractivity contribution is 0.230. The van der Waals surface area contributed by atoms with Gasteiger partial charge in [0, 0.05) is 12.7 Å². The van der Waals surface area contributed by atoms with Crippen molar-refractivity contribution in [3.8, 4) is 5.88 Å². The average molecular weight is 223 g/mol. The quantitative estimate of drug-likeness (QED) is 0.801. The molecule has 1 rings (SSSR count). The molecule has 0 aliphatic rings. The Morgan fingerprint density at radius 2 is 2.00 bits per heavy atom. The highest BCUT2D eigenvalue weighted by Gasteiger charge is 2.02. The SMILES string of the molecule is CC(C)CNCc1cncc(OC(C)C)n1. The van der Waals surface area contributed by atoms with Crippen molar-refractivity contribution < 1.29 is 4.74 Å². The van der Waals surface area contributed by atoms with E-state index in [1.807, 2.05) is 13.8 Å². The first-order valence-electron chi connectivity index (χ1n) is 5.76. The Hall–Kier alpha value is -1.16. The maximum Gasteiger partial charge on any atom is 0.232 e. The molecule has 0 unspecified atom stereocenters. The van der Waals surface area contributed by atoms with Gasteiger partial charge in [-0.3, -0.25) is 4.98 Å². The van der Waals surface area contributed by atoms with E-state index in [9.17, 15) is 0 Å². The summed E-state index contributed by atoms with van der Waals surface area (Å²) < 4.78 is 5.48. The van der Waals surface area contributed by atoms with Gasteiger partial charge in [-0.05, 0) is 26.3 Å². The van der Waals surface area contributed by atoms with Crippen LogP contribution in [0.15, 0.2) is 12.4 Å². The van der Waals surface area contributed by atoms with Gasteiger partial charge in [0.25, 0.3) is 0 Å². The standard InChI is InChI=1S/C12H21N3O/c1-9(2)5-13-6-11-7-14-8-12(15-11)16-10(3)4/h7-10,13H,5-6H2,1-4H3. The van der Waals surface area contributed by atoms with Crippen LogP contribution in [0.3, 0.4) is 0 Å². The normalized spacial score (nSPS) is 11.1. The van der Waals surface area contributed by atoms with Crippen LogP contribution in [0, 0.1) is 5.92 Å². The van der Waals surface area contributed by atoms with Crippen LogP contribution in [0.4, 0.5) is 0 Å². The zero-order chi connectivity index (χ0) is 12.0. The number of nitrogens with one attached hydrogen (secondary N) is 1. The van der Waals surface area contributed by atoms with Crippen molar-refractivity contribution in [3.63, 3.8) is 0 Å². The Bertz CT molecular complexity index is 313. The summed E-state index contributed by atoms with van der Waals surface area (Å²) in [7, 11) is 0. The molecule has 4 nitrogen and oxygen atoms in total. The lowest BCUT2D eigenvalue weighted by atomic mass is 10.2. The third-order valence-electron chi connectivity index (χ3n) is 1.88. The van der Waals surface area contributed by atoms with Crippen LogP contribution >= 0.6 is 0 Å². The summed E-state index contributed by atoms with van der Waals surface area (Å²) in [4.78, 5) is 8.47. The van der Waals surface area contributed by atoms with Gasteiger partial charge in [-0.2, -0.15) is 0 Å². The monoisotopic (exact) mass is 223 g/mol. The highest BCUT2D eigenvalue weighted by Crippen LogP contribution is 2.07. The molecule has 4 heteroatoms. The Morgan fingerprint density at radius 1 is 1.25 bits per heavy atom. The largest absolute Gasteiger partial charge is 0.474 e. The van der Waals surface area contributed by atoms with E-state index in [-0.39, 0.29) is 6.10 Å². The first-order chi connectivity index (χ1) is 7.58. The van der Waals surface area contributed by atoms with E-state index in [0.717, 1.165) is 18.8 Å². The molecule has 90 valence electrons. The maximum absolute atomic E-state index is 5.48. The summed E-state index contributed by atoms with van der Waals surface area (Å²) >= 11 is 0. The van der Waals surface area contributed by atoms with Crippen LogP contribution in [0.2, 0.25) is 0 Å². The van der Waals surface area contributed by atoms with Crippen molar-refractivity contribution in [3.05, 3.63) is 18.1 Å². The maximum atomic E-state index is 5.48. The zero-order valence-electron chi connectivity index (χ0n) is 10.5. The number of nitrogens with zero attached hydrogens (tertiary/aromatic N) is 2. The molecule has 1 aromatic heterocycles. The van der Waals surface area contributed by atoms with Gasteiger partial charge in [0.05, 0.1) is 18.0 Å². The smallest absolute Gasteiger partial charge is 0.232 e. The summed E-state index contributed by atoms with van der Waals surface area (Å²) in [6.07, 6.45) is 3.54. The fourth-order valence-electron chi connectivity index (χ4n) is 1.26. The molecule has 1 heterocycles. The van der Waals surface area contributed by atoms with Gasteiger partial charge in [0.1, 0.15) is 0 Å². The van der Waals surface area contributed by atoms with Crippen molar-refractivity contribution in [2.24, 2.45) is 5.92 Å². The molecule has 1 N–H and O–H groups in total. The molecule has 0 fully saturated rings. The van der Waals surface area contributed by atoms with Crippen molar-refractivity contribution in [1.29, 1.82) is 0 Å². The van der Waals surface area contributed by atoms with E-state index >= 15 is 0 Å². The summed E-state index contributed by atoms with van der Waals surface area (Å²) in [5, 5.41) is 3.32. The summed E-state index contributed by atoms with van der Waals surface area (Å²) in [6.45, 7) is 10.0. The minimum atomic E-state index is 0.133. The van der Waals surface area contributed by atoms with Gasteiger partial charge in [-0.1, -0.05) is 13.8 Å². The second-order valence-corrected chi connectivity index (χ2v) is 4.54. The van der Waals surface area contributed by atoms with Crippen LogP contribution in [0.5, 0.6) is 5.88 Å². The molecule has 0 bridgehead atoms. The number of aromatic nitrogens is 2. The third-order valence-corrected chi connectivity index (χ3v) is 1.88. The molecule has 16 heavy (non-hydrogen) atoms. The number of rotatable bonds is 6. The Balaban J connectivity index is 2.47. The molecular weight excluding hydrogens is 202 g/mol.